The molecular weight excluding hydrogens is 296 g/mol. The topological polar surface area (TPSA) is 85.4 Å². The highest BCUT2D eigenvalue weighted by atomic mass is 16.5. The monoisotopic (exact) mass is 316 g/mol. The average Bonchev–Trinajstić information content (AvgIpc) is 2.60. The molecule has 2 amide bonds. The van der Waals surface area contributed by atoms with Crippen molar-refractivity contribution in [3.63, 3.8) is 0 Å². The number of carbonyl (C=O) groups is 1. The van der Waals surface area contributed by atoms with Crippen LogP contribution in [0.4, 0.5) is 4.79 Å². The van der Waals surface area contributed by atoms with Gasteiger partial charge >= 0.3 is 6.03 Å². The third-order valence-electron chi connectivity index (χ3n) is 3.03. The Kier molecular flexibility index (Phi) is 6.17. The Labute approximate surface area is 135 Å². The minimum atomic E-state index is -0.271. The first-order valence-electron chi connectivity index (χ1n) is 7.30. The van der Waals surface area contributed by atoms with E-state index in [0.29, 0.717) is 31.5 Å². The van der Waals surface area contributed by atoms with Gasteiger partial charge in [0.15, 0.2) is 0 Å². The summed E-state index contributed by atoms with van der Waals surface area (Å²) in [6.45, 7) is 3.15. The van der Waals surface area contributed by atoms with Crippen molar-refractivity contribution in [3.8, 4) is 11.8 Å². The van der Waals surface area contributed by atoms with Gasteiger partial charge in [-0.2, -0.15) is 0 Å². The van der Waals surface area contributed by atoms with E-state index in [4.69, 9.17) is 9.47 Å². The van der Waals surface area contributed by atoms with Gasteiger partial charge in [0.1, 0.15) is 0 Å². The number of amides is 2. The summed E-state index contributed by atoms with van der Waals surface area (Å²) in [5.41, 5.74) is 1.72. The maximum Gasteiger partial charge on any atom is 0.315 e. The molecule has 0 unspecified atom stereocenters. The van der Waals surface area contributed by atoms with Crippen molar-refractivity contribution in [1.82, 2.24) is 20.6 Å². The van der Waals surface area contributed by atoms with Gasteiger partial charge in [-0.05, 0) is 18.6 Å². The lowest BCUT2D eigenvalue weighted by molar-refractivity contribution is 0.240. The minimum Gasteiger partial charge on any atom is -0.481 e. The van der Waals surface area contributed by atoms with E-state index in [1.165, 1.54) is 0 Å². The molecule has 0 aliphatic heterocycles. The first-order chi connectivity index (χ1) is 11.2. The third-order valence-corrected chi connectivity index (χ3v) is 3.03. The molecule has 2 rings (SSSR count). The molecule has 0 aliphatic rings. The number of rotatable bonds is 7. The van der Waals surface area contributed by atoms with Gasteiger partial charge in [0.05, 0.1) is 13.7 Å². The van der Waals surface area contributed by atoms with E-state index in [0.717, 1.165) is 11.1 Å². The molecule has 0 saturated heterocycles. The second-order valence-corrected chi connectivity index (χ2v) is 4.65. The largest absolute Gasteiger partial charge is 0.481 e. The van der Waals surface area contributed by atoms with Crippen LogP contribution in [0.1, 0.15) is 18.1 Å². The van der Waals surface area contributed by atoms with Crippen LogP contribution in [0.25, 0.3) is 0 Å². The summed E-state index contributed by atoms with van der Waals surface area (Å²) >= 11 is 0. The van der Waals surface area contributed by atoms with Gasteiger partial charge in [-0.15, -0.1) is 0 Å². The van der Waals surface area contributed by atoms with Crippen LogP contribution < -0.4 is 20.1 Å². The van der Waals surface area contributed by atoms with E-state index < -0.39 is 0 Å². The highest BCUT2D eigenvalue weighted by molar-refractivity contribution is 5.73. The Hall–Kier alpha value is -2.83. The van der Waals surface area contributed by atoms with E-state index in [9.17, 15) is 4.79 Å². The number of urea groups is 1. The van der Waals surface area contributed by atoms with Gasteiger partial charge in [0, 0.05) is 37.1 Å². The lowest BCUT2D eigenvalue weighted by atomic mass is 10.2. The molecule has 2 heterocycles. The van der Waals surface area contributed by atoms with Crippen LogP contribution in [0, 0.1) is 0 Å². The summed E-state index contributed by atoms with van der Waals surface area (Å²) in [5.74, 6) is 1.08. The zero-order valence-corrected chi connectivity index (χ0v) is 13.2. The predicted molar refractivity (Wildman–Crippen MR) is 85.3 cm³/mol. The summed E-state index contributed by atoms with van der Waals surface area (Å²) in [5, 5.41) is 5.54. The van der Waals surface area contributed by atoms with Crippen molar-refractivity contribution in [2.45, 2.75) is 20.0 Å². The van der Waals surface area contributed by atoms with Crippen LogP contribution in [0.2, 0.25) is 0 Å². The number of pyridine rings is 2. The predicted octanol–water partition coefficient (Wildman–Crippen LogP) is 1.88. The first-order valence-corrected chi connectivity index (χ1v) is 7.30. The molecular formula is C16H20N4O3. The van der Waals surface area contributed by atoms with Crippen LogP contribution in [-0.2, 0) is 13.1 Å². The summed E-state index contributed by atoms with van der Waals surface area (Å²) in [6, 6.07) is 7.00. The Balaban J connectivity index is 1.81. The Bertz CT molecular complexity index is 631. The standard InChI is InChI=1S/C16H20N4O3/c1-3-23-15-13(5-4-8-17-15)11-20-16(21)19-10-12-6-7-14(22-2)18-9-12/h4-9H,3,10-11H2,1-2H3,(H2,19,20,21). The van der Waals surface area contributed by atoms with Crippen molar-refractivity contribution >= 4 is 6.03 Å². The number of ether oxygens (including phenoxy) is 2. The van der Waals surface area contributed by atoms with Crippen molar-refractivity contribution in [1.29, 1.82) is 0 Å². The molecule has 0 aliphatic carbocycles. The smallest absolute Gasteiger partial charge is 0.315 e. The van der Waals surface area contributed by atoms with Crippen LogP contribution in [0.5, 0.6) is 11.8 Å². The summed E-state index contributed by atoms with van der Waals surface area (Å²) in [4.78, 5) is 20.1. The molecule has 2 aromatic rings. The molecule has 0 atom stereocenters. The molecule has 122 valence electrons. The molecule has 2 N–H and O–H groups in total. The molecule has 0 fully saturated rings. The van der Waals surface area contributed by atoms with Crippen LogP contribution in [0.3, 0.4) is 0 Å². The molecule has 7 nitrogen and oxygen atoms in total. The molecule has 0 bridgehead atoms. The van der Waals surface area contributed by atoms with Gasteiger partial charge in [-0.1, -0.05) is 12.1 Å². The Morgan fingerprint density at radius 1 is 1.17 bits per heavy atom. The van der Waals surface area contributed by atoms with Gasteiger partial charge < -0.3 is 20.1 Å². The van der Waals surface area contributed by atoms with E-state index >= 15 is 0 Å². The number of carbonyl (C=O) groups excluding carboxylic acids is 1. The zero-order valence-electron chi connectivity index (χ0n) is 13.2. The van der Waals surface area contributed by atoms with Gasteiger partial charge in [0.25, 0.3) is 0 Å². The van der Waals surface area contributed by atoms with Gasteiger partial charge in [0.2, 0.25) is 11.8 Å². The number of hydrogen-bond acceptors (Lipinski definition) is 5. The molecule has 7 heteroatoms. The number of hydrogen-bond donors (Lipinski definition) is 2. The Morgan fingerprint density at radius 3 is 2.70 bits per heavy atom. The SMILES string of the molecule is CCOc1ncccc1CNC(=O)NCc1ccc(OC)nc1. The molecule has 0 aromatic carbocycles. The van der Waals surface area contributed by atoms with Gasteiger partial charge in [-0.25, -0.2) is 14.8 Å². The zero-order chi connectivity index (χ0) is 16.5. The van der Waals surface area contributed by atoms with E-state index in [1.807, 2.05) is 19.1 Å². The normalized spacial score (nSPS) is 10.0. The number of nitrogens with one attached hydrogen (secondary N) is 2. The summed E-state index contributed by atoms with van der Waals surface area (Å²) < 4.78 is 10.4. The second kappa shape index (κ2) is 8.57. The number of methoxy groups -OCH3 is 1. The van der Waals surface area contributed by atoms with Crippen molar-refractivity contribution in [2.24, 2.45) is 0 Å². The van der Waals surface area contributed by atoms with E-state index in [1.54, 1.807) is 31.6 Å². The molecule has 23 heavy (non-hydrogen) atoms. The Morgan fingerprint density at radius 2 is 2.00 bits per heavy atom. The van der Waals surface area contributed by atoms with Crippen LogP contribution >= 0.6 is 0 Å². The van der Waals surface area contributed by atoms with Crippen molar-refractivity contribution in [3.05, 3.63) is 47.8 Å². The second-order valence-electron chi connectivity index (χ2n) is 4.65. The molecule has 0 spiro atoms. The minimum absolute atomic E-state index is 0.271. The maximum absolute atomic E-state index is 11.9. The molecule has 0 radical (unpaired) electrons. The fourth-order valence-corrected chi connectivity index (χ4v) is 1.88. The fraction of sp³-hybridized carbons (Fsp3) is 0.312. The van der Waals surface area contributed by atoms with Crippen LogP contribution in [-0.4, -0.2) is 29.7 Å². The lowest BCUT2D eigenvalue weighted by Crippen LogP contribution is -2.34. The molecule has 0 saturated carbocycles. The van der Waals surface area contributed by atoms with Crippen molar-refractivity contribution in [2.75, 3.05) is 13.7 Å². The van der Waals surface area contributed by atoms with Crippen LogP contribution in [0.15, 0.2) is 36.7 Å². The first kappa shape index (κ1) is 16.5. The fourth-order valence-electron chi connectivity index (χ4n) is 1.88. The van der Waals surface area contributed by atoms with E-state index in [-0.39, 0.29) is 6.03 Å². The summed E-state index contributed by atoms with van der Waals surface area (Å²) in [6.07, 6.45) is 3.32. The summed E-state index contributed by atoms with van der Waals surface area (Å²) in [7, 11) is 1.56. The maximum atomic E-state index is 11.9. The molecule has 2 aromatic heterocycles. The number of aromatic nitrogens is 2. The van der Waals surface area contributed by atoms with Gasteiger partial charge in [-0.3, -0.25) is 0 Å². The third kappa shape index (κ3) is 5.14. The highest BCUT2D eigenvalue weighted by Gasteiger charge is 2.06. The quantitative estimate of drug-likeness (QED) is 0.814. The highest BCUT2D eigenvalue weighted by Crippen LogP contribution is 2.13. The number of nitrogens with zero attached hydrogens (tertiary/aromatic N) is 2. The van der Waals surface area contributed by atoms with E-state index in [2.05, 4.69) is 20.6 Å². The lowest BCUT2D eigenvalue weighted by Gasteiger charge is -2.10. The average molecular weight is 316 g/mol. The van der Waals surface area contributed by atoms with Crippen molar-refractivity contribution < 1.29 is 14.3 Å².